The minimum atomic E-state index is 0.421. The van der Waals surface area contributed by atoms with Gasteiger partial charge >= 0.3 is 0 Å². The third-order valence-electron chi connectivity index (χ3n) is 4.10. The van der Waals surface area contributed by atoms with E-state index in [2.05, 4.69) is 16.5 Å². The molecule has 1 saturated carbocycles. The second-order valence-corrected chi connectivity index (χ2v) is 5.73. The van der Waals surface area contributed by atoms with Gasteiger partial charge in [-0.3, -0.25) is 0 Å². The first kappa shape index (κ1) is 13.6. The summed E-state index contributed by atoms with van der Waals surface area (Å²) in [7, 11) is 3.29. The van der Waals surface area contributed by atoms with Crippen molar-refractivity contribution >= 4 is 22.6 Å². The van der Waals surface area contributed by atoms with Crippen LogP contribution in [0.3, 0.4) is 0 Å². The van der Waals surface area contributed by atoms with E-state index in [0.717, 1.165) is 28.5 Å². The van der Waals surface area contributed by atoms with Crippen LogP contribution >= 0.6 is 11.6 Å². The molecule has 0 unspecified atom stereocenters. The molecule has 0 N–H and O–H groups in total. The molecule has 0 bridgehead atoms. The Morgan fingerprint density at radius 3 is 2.45 bits per heavy atom. The first-order valence-corrected chi connectivity index (χ1v) is 7.40. The zero-order chi connectivity index (χ0) is 14.3. The third kappa shape index (κ3) is 2.03. The van der Waals surface area contributed by atoms with Gasteiger partial charge in [-0.25, -0.2) is 4.98 Å². The standard InChI is InChI=1S/C15H19ClN2O2/c1-9-4-10(5-9)18-12-7-14(20-3)13(19-2)6-11(12)17-15(18)8-16/h6-7,9-10H,4-5,8H2,1-3H3. The predicted octanol–water partition coefficient (Wildman–Crippen LogP) is 3.76. The number of nitrogens with zero attached hydrogens (tertiary/aromatic N) is 2. The van der Waals surface area contributed by atoms with Crippen LogP contribution in [0.4, 0.5) is 0 Å². The summed E-state index contributed by atoms with van der Waals surface area (Å²) in [4.78, 5) is 4.64. The first-order chi connectivity index (χ1) is 9.67. The Hall–Kier alpha value is -1.42. The van der Waals surface area contributed by atoms with Crippen molar-refractivity contribution in [2.75, 3.05) is 14.2 Å². The highest BCUT2D eigenvalue weighted by atomic mass is 35.5. The molecule has 1 heterocycles. The van der Waals surface area contributed by atoms with Gasteiger partial charge in [0.25, 0.3) is 0 Å². The van der Waals surface area contributed by atoms with E-state index in [1.54, 1.807) is 14.2 Å². The summed E-state index contributed by atoms with van der Waals surface area (Å²) < 4.78 is 13.0. The lowest BCUT2D eigenvalue weighted by Crippen LogP contribution is -2.25. The summed E-state index contributed by atoms with van der Waals surface area (Å²) >= 11 is 6.07. The number of halogens is 1. The van der Waals surface area contributed by atoms with Crippen molar-refractivity contribution in [1.82, 2.24) is 9.55 Å². The number of methoxy groups -OCH3 is 2. The van der Waals surface area contributed by atoms with Crippen molar-refractivity contribution < 1.29 is 9.47 Å². The zero-order valence-corrected chi connectivity index (χ0v) is 12.8. The normalized spacial score (nSPS) is 21.8. The molecule has 0 radical (unpaired) electrons. The number of fused-ring (bicyclic) bond motifs is 1. The van der Waals surface area contributed by atoms with E-state index in [-0.39, 0.29) is 0 Å². The highest BCUT2D eigenvalue weighted by molar-refractivity contribution is 6.16. The quantitative estimate of drug-likeness (QED) is 0.806. The molecule has 0 atom stereocenters. The Labute approximate surface area is 123 Å². The fourth-order valence-electron chi connectivity index (χ4n) is 3.04. The van der Waals surface area contributed by atoms with E-state index >= 15 is 0 Å². The van der Waals surface area contributed by atoms with Gasteiger partial charge in [-0.1, -0.05) is 6.92 Å². The molecule has 5 heteroatoms. The van der Waals surface area contributed by atoms with E-state index in [9.17, 15) is 0 Å². The average Bonchev–Trinajstić information content (AvgIpc) is 2.79. The summed E-state index contributed by atoms with van der Waals surface area (Å²) in [5.41, 5.74) is 1.99. The zero-order valence-electron chi connectivity index (χ0n) is 12.0. The SMILES string of the molecule is COc1cc2nc(CCl)n(C3CC(C)C3)c2cc1OC. The van der Waals surface area contributed by atoms with Crippen molar-refractivity contribution in [2.24, 2.45) is 5.92 Å². The summed E-state index contributed by atoms with van der Waals surface area (Å²) in [5.74, 6) is 3.56. The van der Waals surface area contributed by atoms with E-state index in [4.69, 9.17) is 21.1 Å². The second-order valence-electron chi connectivity index (χ2n) is 5.46. The van der Waals surface area contributed by atoms with Crippen molar-refractivity contribution in [3.05, 3.63) is 18.0 Å². The molecule has 0 spiro atoms. The van der Waals surface area contributed by atoms with Crippen LogP contribution < -0.4 is 9.47 Å². The van der Waals surface area contributed by atoms with Crippen LogP contribution in [-0.4, -0.2) is 23.8 Å². The number of hydrogen-bond donors (Lipinski definition) is 0. The number of hydrogen-bond acceptors (Lipinski definition) is 3. The maximum absolute atomic E-state index is 6.07. The number of alkyl halides is 1. The molecule has 2 aromatic rings. The monoisotopic (exact) mass is 294 g/mol. The number of imidazole rings is 1. The van der Waals surface area contributed by atoms with Crippen LogP contribution in [0.15, 0.2) is 12.1 Å². The molecule has 3 rings (SSSR count). The molecular formula is C15H19ClN2O2. The van der Waals surface area contributed by atoms with Gasteiger partial charge in [-0.2, -0.15) is 0 Å². The van der Waals surface area contributed by atoms with Crippen LogP contribution in [0.1, 0.15) is 31.6 Å². The fourth-order valence-corrected chi connectivity index (χ4v) is 3.23. The number of aromatic nitrogens is 2. The minimum absolute atomic E-state index is 0.421. The summed E-state index contributed by atoms with van der Waals surface area (Å²) in [6.45, 7) is 2.28. The van der Waals surface area contributed by atoms with Gasteiger partial charge in [-0.05, 0) is 18.8 Å². The molecule has 1 fully saturated rings. The molecule has 0 amide bonds. The predicted molar refractivity (Wildman–Crippen MR) is 79.8 cm³/mol. The van der Waals surface area contributed by atoms with Crippen molar-refractivity contribution in [2.45, 2.75) is 31.7 Å². The van der Waals surface area contributed by atoms with Gasteiger partial charge in [-0.15, -0.1) is 11.6 Å². The van der Waals surface area contributed by atoms with Crippen LogP contribution in [0.25, 0.3) is 11.0 Å². The molecule has 4 nitrogen and oxygen atoms in total. The number of benzene rings is 1. The second kappa shape index (κ2) is 5.17. The fraction of sp³-hybridized carbons (Fsp3) is 0.533. The van der Waals surface area contributed by atoms with E-state index in [1.165, 1.54) is 12.8 Å². The van der Waals surface area contributed by atoms with E-state index in [1.807, 2.05) is 12.1 Å². The molecular weight excluding hydrogens is 276 g/mol. The summed E-state index contributed by atoms with van der Waals surface area (Å²) in [6.07, 6.45) is 2.37. The largest absolute Gasteiger partial charge is 0.493 e. The minimum Gasteiger partial charge on any atom is -0.493 e. The number of ether oxygens (including phenoxy) is 2. The first-order valence-electron chi connectivity index (χ1n) is 6.86. The van der Waals surface area contributed by atoms with Crippen LogP contribution in [0.5, 0.6) is 11.5 Å². The molecule has 1 aliphatic carbocycles. The molecule has 0 saturated heterocycles. The van der Waals surface area contributed by atoms with Crippen molar-refractivity contribution in [3.63, 3.8) is 0 Å². The molecule has 0 aliphatic heterocycles. The molecule has 108 valence electrons. The highest BCUT2D eigenvalue weighted by Gasteiger charge is 2.30. The Balaban J connectivity index is 2.16. The maximum atomic E-state index is 6.07. The van der Waals surface area contributed by atoms with Crippen LogP contribution in [0, 0.1) is 5.92 Å². The topological polar surface area (TPSA) is 36.3 Å². The molecule has 1 aromatic carbocycles. The van der Waals surface area contributed by atoms with Gasteiger partial charge in [0.1, 0.15) is 5.82 Å². The Kier molecular flexibility index (Phi) is 3.50. The van der Waals surface area contributed by atoms with Crippen LogP contribution in [0.2, 0.25) is 0 Å². The molecule has 20 heavy (non-hydrogen) atoms. The average molecular weight is 295 g/mol. The van der Waals surface area contributed by atoms with E-state index < -0.39 is 0 Å². The van der Waals surface area contributed by atoms with Gasteiger partial charge in [0.15, 0.2) is 11.5 Å². The Morgan fingerprint density at radius 2 is 1.90 bits per heavy atom. The third-order valence-corrected chi connectivity index (χ3v) is 4.34. The van der Waals surface area contributed by atoms with E-state index in [0.29, 0.717) is 17.7 Å². The smallest absolute Gasteiger partial charge is 0.163 e. The van der Waals surface area contributed by atoms with Gasteiger partial charge in [0, 0.05) is 18.2 Å². The molecule has 1 aliphatic rings. The maximum Gasteiger partial charge on any atom is 0.163 e. The lowest BCUT2D eigenvalue weighted by atomic mass is 9.81. The molecule has 1 aromatic heterocycles. The van der Waals surface area contributed by atoms with Gasteiger partial charge in [0.2, 0.25) is 0 Å². The van der Waals surface area contributed by atoms with Gasteiger partial charge in [0.05, 0.1) is 31.1 Å². The van der Waals surface area contributed by atoms with Crippen LogP contribution in [-0.2, 0) is 5.88 Å². The Morgan fingerprint density at radius 1 is 1.25 bits per heavy atom. The summed E-state index contributed by atoms with van der Waals surface area (Å²) in [6, 6.07) is 4.42. The highest BCUT2D eigenvalue weighted by Crippen LogP contribution is 2.42. The van der Waals surface area contributed by atoms with Crippen molar-refractivity contribution in [3.8, 4) is 11.5 Å². The van der Waals surface area contributed by atoms with Crippen molar-refractivity contribution in [1.29, 1.82) is 0 Å². The summed E-state index contributed by atoms with van der Waals surface area (Å²) in [5, 5.41) is 0. The Bertz CT molecular complexity index is 632. The van der Waals surface area contributed by atoms with Gasteiger partial charge < -0.3 is 14.0 Å². The lowest BCUT2D eigenvalue weighted by molar-refractivity contribution is 0.217. The lowest BCUT2D eigenvalue weighted by Gasteiger charge is -2.35. The number of rotatable bonds is 4.